The van der Waals surface area contributed by atoms with E-state index < -0.39 is 16.6 Å². The van der Waals surface area contributed by atoms with E-state index in [1.54, 1.807) is 6.92 Å². The highest BCUT2D eigenvalue weighted by Gasteiger charge is 2.23. The van der Waals surface area contributed by atoms with Crippen molar-refractivity contribution in [3.8, 4) is 0 Å². The van der Waals surface area contributed by atoms with Gasteiger partial charge in [-0.1, -0.05) is 13.8 Å². The number of amides is 1. The summed E-state index contributed by atoms with van der Waals surface area (Å²) in [4.78, 5) is 36.1. The third-order valence-corrected chi connectivity index (χ3v) is 2.61. The van der Waals surface area contributed by atoms with Gasteiger partial charge in [0, 0.05) is 18.8 Å². The Balaban J connectivity index is 2.89. The molecule has 22 heavy (non-hydrogen) atoms. The highest BCUT2D eigenvalue weighted by atomic mass is 16.6. The number of aromatic nitrogens is 1. The lowest BCUT2D eigenvalue weighted by Gasteiger charge is -2.05. The molecule has 1 heterocycles. The average Bonchev–Trinajstić information content (AvgIpc) is 2.90. The van der Waals surface area contributed by atoms with Gasteiger partial charge in [-0.3, -0.25) is 14.9 Å². The van der Waals surface area contributed by atoms with Gasteiger partial charge >= 0.3 is 11.7 Å². The summed E-state index contributed by atoms with van der Waals surface area (Å²) >= 11 is 0. The van der Waals surface area contributed by atoms with Crippen LogP contribution in [0.25, 0.3) is 6.08 Å². The first-order valence-electron chi connectivity index (χ1n) is 6.85. The van der Waals surface area contributed by atoms with Crippen LogP contribution in [0.1, 0.15) is 36.8 Å². The number of nitrogens with zero attached hydrogens (tertiary/aromatic N) is 1. The SMILES string of the molecule is CCOC(=O)C(=Cc1c[nH]c(C(=O)NCC(C)C)c1)[N+](=O)[O-]. The summed E-state index contributed by atoms with van der Waals surface area (Å²) in [7, 11) is 0. The molecule has 0 aliphatic heterocycles. The second-order valence-electron chi connectivity index (χ2n) is 4.96. The number of hydrogen-bond donors (Lipinski definition) is 2. The minimum absolute atomic E-state index is 0.0417. The van der Waals surface area contributed by atoms with E-state index in [0.29, 0.717) is 18.0 Å². The van der Waals surface area contributed by atoms with Crippen molar-refractivity contribution >= 4 is 18.0 Å². The number of nitrogens with one attached hydrogen (secondary N) is 2. The van der Waals surface area contributed by atoms with Gasteiger partial charge < -0.3 is 15.0 Å². The van der Waals surface area contributed by atoms with Crippen LogP contribution in [-0.2, 0) is 9.53 Å². The van der Waals surface area contributed by atoms with Crippen molar-refractivity contribution in [3.05, 3.63) is 39.3 Å². The molecule has 2 N–H and O–H groups in total. The maximum absolute atomic E-state index is 11.8. The molecule has 1 rings (SSSR count). The quantitative estimate of drug-likeness (QED) is 0.343. The van der Waals surface area contributed by atoms with Gasteiger partial charge in [-0.05, 0) is 24.5 Å². The fourth-order valence-corrected chi connectivity index (χ4v) is 1.57. The number of ether oxygens (including phenoxy) is 1. The monoisotopic (exact) mass is 309 g/mol. The van der Waals surface area contributed by atoms with E-state index in [1.165, 1.54) is 12.3 Å². The molecule has 0 atom stereocenters. The average molecular weight is 309 g/mol. The first-order chi connectivity index (χ1) is 10.3. The van der Waals surface area contributed by atoms with Crippen LogP contribution in [0.4, 0.5) is 0 Å². The van der Waals surface area contributed by atoms with Crippen molar-refractivity contribution in [1.29, 1.82) is 0 Å². The van der Waals surface area contributed by atoms with Gasteiger partial charge in [0.1, 0.15) is 5.69 Å². The molecular weight excluding hydrogens is 290 g/mol. The molecule has 0 aliphatic rings. The van der Waals surface area contributed by atoms with E-state index >= 15 is 0 Å². The highest BCUT2D eigenvalue weighted by Crippen LogP contribution is 2.11. The Hall–Kier alpha value is -2.64. The lowest BCUT2D eigenvalue weighted by atomic mass is 10.2. The van der Waals surface area contributed by atoms with Crippen LogP contribution in [-0.4, -0.2) is 34.9 Å². The summed E-state index contributed by atoms with van der Waals surface area (Å²) in [5.41, 5.74) is -0.0807. The zero-order valence-electron chi connectivity index (χ0n) is 12.7. The van der Waals surface area contributed by atoms with Crippen molar-refractivity contribution in [1.82, 2.24) is 10.3 Å². The highest BCUT2D eigenvalue weighted by molar-refractivity contribution is 5.94. The van der Waals surface area contributed by atoms with Crippen molar-refractivity contribution < 1.29 is 19.2 Å². The van der Waals surface area contributed by atoms with Crippen molar-refractivity contribution in [3.63, 3.8) is 0 Å². The number of hydrogen-bond acceptors (Lipinski definition) is 5. The number of rotatable bonds is 7. The molecule has 0 saturated heterocycles. The molecular formula is C14H19N3O5. The van der Waals surface area contributed by atoms with Crippen LogP contribution in [0.2, 0.25) is 0 Å². The minimum Gasteiger partial charge on any atom is -0.458 e. The van der Waals surface area contributed by atoms with Crippen molar-refractivity contribution in [2.24, 2.45) is 5.92 Å². The first-order valence-corrected chi connectivity index (χ1v) is 6.85. The summed E-state index contributed by atoms with van der Waals surface area (Å²) in [6, 6.07) is 1.43. The molecule has 0 aliphatic carbocycles. The molecule has 0 spiro atoms. The number of H-pyrrole nitrogens is 1. The van der Waals surface area contributed by atoms with Crippen LogP contribution in [0.5, 0.6) is 0 Å². The van der Waals surface area contributed by atoms with Crippen LogP contribution < -0.4 is 5.32 Å². The van der Waals surface area contributed by atoms with Crippen LogP contribution in [0.15, 0.2) is 18.0 Å². The van der Waals surface area contributed by atoms with Crippen LogP contribution in [0, 0.1) is 16.0 Å². The first kappa shape index (κ1) is 17.4. The summed E-state index contributed by atoms with van der Waals surface area (Å²) in [6.45, 7) is 6.05. The predicted molar refractivity (Wildman–Crippen MR) is 79.6 cm³/mol. The molecule has 8 heteroatoms. The third kappa shape index (κ3) is 5.04. The van der Waals surface area contributed by atoms with Gasteiger partial charge in [0.05, 0.1) is 11.5 Å². The molecule has 1 aromatic heterocycles. The van der Waals surface area contributed by atoms with E-state index in [4.69, 9.17) is 0 Å². The van der Waals surface area contributed by atoms with E-state index in [9.17, 15) is 19.7 Å². The fourth-order valence-electron chi connectivity index (χ4n) is 1.57. The van der Waals surface area contributed by atoms with Crippen LogP contribution in [0.3, 0.4) is 0 Å². The maximum Gasteiger partial charge on any atom is 0.409 e. The Kier molecular flexibility index (Phi) is 6.30. The normalized spacial score (nSPS) is 11.4. The van der Waals surface area contributed by atoms with E-state index in [0.717, 1.165) is 6.08 Å². The largest absolute Gasteiger partial charge is 0.458 e. The summed E-state index contributed by atoms with van der Waals surface area (Å²) < 4.78 is 4.62. The van der Waals surface area contributed by atoms with Crippen LogP contribution >= 0.6 is 0 Å². The minimum atomic E-state index is -1.01. The summed E-state index contributed by atoms with van der Waals surface area (Å²) in [6.07, 6.45) is 2.47. The number of carbonyl (C=O) groups is 2. The Morgan fingerprint density at radius 2 is 2.18 bits per heavy atom. The number of carbonyl (C=O) groups excluding carboxylic acids is 2. The van der Waals surface area contributed by atoms with Gasteiger partial charge in [-0.15, -0.1) is 0 Å². The molecule has 8 nitrogen and oxygen atoms in total. The summed E-state index contributed by atoms with van der Waals surface area (Å²) in [5, 5.41) is 13.6. The number of nitro groups is 1. The Morgan fingerprint density at radius 1 is 1.50 bits per heavy atom. The fraction of sp³-hybridized carbons (Fsp3) is 0.429. The Bertz CT molecular complexity index is 589. The lowest BCUT2D eigenvalue weighted by Crippen LogP contribution is -2.27. The second-order valence-corrected chi connectivity index (χ2v) is 4.96. The molecule has 1 amide bonds. The summed E-state index contributed by atoms with van der Waals surface area (Å²) in [5.74, 6) is -1.02. The van der Waals surface area contributed by atoms with Crippen molar-refractivity contribution in [2.45, 2.75) is 20.8 Å². The van der Waals surface area contributed by atoms with Gasteiger partial charge in [-0.2, -0.15) is 0 Å². The second kappa shape index (κ2) is 7.96. The van der Waals surface area contributed by atoms with E-state index in [-0.39, 0.29) is 18.2 Å². The Labute approximate surface area is 127 Å². The molecule has 0 bridgehead atoms. The molecule has 0 radical (unpaired) electrons. The zero-order chi connectivity index (χ0) is 16.7. The number of aromatic amines is 1. The van der Waals surface area contributed by atoms with E-state index in [1.807, 2.05) is 13.8 Å². The van der Waals surface area contributed by atoms with Gasteiger partial charge in [0.2, 0.25) is 0 Å². The molecule has 120 valence electrons. The van der Waals surface area contributed by atoms with Gasteiger partial charge in [0.25, 0.3) is 5.91 Å². The third-order valence-electron chi connectivity index (χ3n) is 2.61. The molecule has 0 unspecified atom stereocenters. The lowest BCUT2D eigenvalue weighted by molar-refractivity contribution is -0.419. The maximum atomic E-state index is 11.8. The number of esters is 1. The smallest absolute Gasteiger partial charge is 0.409 e. The van der Waals surface area contributed by atoms with Crippen molar-refractivity contribution in [2.75, 3.05) is 13.2 Å². The van der Waals surface area contributed by atoms with Gasteiger partial charge in [0.15, 0.2) is 0 Å². The Morgan fingerprint density at radius 3 is 2.73 bits per heavy atom. The molecule has 0 fully saturated rings. The standard InChI is InChI=1S/C14H19N3O5/c1-4-22-14(19)12(17(20)21)6-10-5-11(15-8-10)13(18)16-7-9(2)3/h5-6,8-9,15H,4,7H2,1-3H3,(H,16,18). The molecule has 0 saturated carbocycles. The topological polar surface area (TPSA) is 114 Å². The van der Waals surface area contributed by atoms with E-state index in [2.05, 4.69) is 15.0 Å². The molecule has 0 aromatic carbocycles. The van der Waals surface area contributed by atoms with Gasteiger partial charge in [-0.25, -0.2) is 4.79 Å². The zero-order valence-corrected chi connectivity index (χ0v) is 12.7. The molecule has 1 aromatic rings. The predicted octanol–water partition coefficient (Wildman–Crippen LogP) is 1.58.